The molecule has 2 unspecified atom stereocenters. The molecule has 4 aromatic rings. The predicted octanol–water partition coefficient (Wildman–Crippen LogP) is 6.28. The monoisotopic (exact) mass is 530 g/mol. The lowest BCUT2D eigenvalue weighted by molar-refractivity contribution is -0.138. The van der Waals surface area contributed by atoms with Gasteiger partial charge in [0.1, 0.15) is 12.4 Å². The van der Waals surface area contributed by atoms with Crippen molar-refractivity contribution < 1.29 is 23.1 Å². The molecule has 8 heteroatoms. The number of aryl methyl sites for hydroxylation is 1. The minimum atomic E-state index is -3.87. The van der Waals surface area contributed by atoms with Crippen molar-refractivity contribution in [3.05, 3.63) is 95.7 Å². The maximum Gasteiger partial charge on any atom is 0.303 e. The number of anilines is 1. The van der Waals surface area contributed by atoms with Crippen LogP contribution in [-0.4, -0.2) is 24.5 Å². The van der Waals surface area contributed by atoms with Gasteiger partial charge in [0, 0.05) is 17.9 Å². The predicted molar refractivity (Wildman–Crippen MR) is 147 cm³/mol. The minimum absolute atomic E-state index is 0.0521. The summed E-state index contributed by atoms with van der Waals surface area (Å²) >= 11 is 0. The van der Waals surface area contributed by atoms with E-state index in [-0.39, 0.29) is 29.8 Å². The van der Waals surface area contributed by atoms with Gasteiger partial charge >= 0.3 is 5.97 Å². The smallest absolute Gasteiger partial charge is 0.303 e. The number of fused-ring (bicyclic) bond motifs is 1. The van der Waals surface area contributed by atoms with Crippen LogP contribution >= 0.6 is 0 Å². The summed E-state index contributed by atoms with van der Waals surface area (Å²) in [5.41, 5.74) is 3.80. The number of aliphatic carboxylic acids is 1. The van der Waals surface area contributed by atoms with Crippen molar-refractivity contribution in [1.82, 2.24) is 4.98 Å². The molecule has 0 saturated heterocycles. The first kappa shape index (κ1) is 25.7. The number of sulfonamides is 1. The van der Waals surface area contributed by atoms with Crippen LogP contribution in [0.1, 0.15) is 48.4 Å². The van der Waals surface area contributed by atoms with Crippen molar-refractivity contribution in [2.45, 2.75) is 50.0 Å². The van der Waals surface area contributed by atoms with E-state index in [1.54, 1.807) is 30.3 Å². The largest absolute Gasteiger partial charge is 0.487 e. The van der Waals surface area contributed by atoms with Crippen LogP contribution in [0.3, 0.4) is 0 Å². The van der Waals surface area contributed by atoms with E-state index in [0.29, 0.717) is 11.4 Å². The summed E-state index contributed by atoms with van der Waals surface area (Å²) < 4.78 is 35.4. The Kier molecular flexibility index (Phi) is 7.33. The van der Waals surface area contributed by atoms with Crippen LogP contribution in [0.5, 0.6) is 5.75 Å². The van der Waals surface area contributed by atoms with Crippen molar-refractivity contribution in [3.63, 3.8) is 0 Å². The number of carbonyl (C=O) groups is 1. The number of nitrogens with zero attached hydrogens (tertiary/aromatic N) is 1. The lowest BCUT2D eigenvalue weighted by Crippen LogP contribution is -2.17. The number of hydrogen-bond donors (Lipinski definition) is 2. The Bertz CT molecular complexity index is 1570. The molecule has 1 aliphatic rings. The molecule has 1 saturated carbocycles. The van der Waals surface area contributed by atoms with Crippen molar-refractivity contribution in [2.24, 2.45) is 5.92 Å². The van der Waals surface area contributed by atoms with E-state index in [0.717, 1.165) is 47.0 Å². The van der Waals surface area contributed by atoms with E-state index in [2.05, 4.69) is 9.71 Å². The number of carboxylic acids is 1. The molecule has 196 valence electrons. The molecule has 0 aliphatic heterocycles. The summed E-state index contributed by atoms with van der Waals surface area (Å²) in [6.45, 7) is 2.12. The first-order valence-electron chi connectivity index (χ1n) is 12.7. The van der Waals surface area contributed by atoms with E-state index < -0.39 is 16.0 Å². The maximum absolute atomic E-state index is 13.3. The Morgan fingerprint density at radius 2 is 1.82 bits per heavy atom. The van der Waals surface area contributed by atoms with Gasteiger partial charge in [0.2, 0.25) is 0 Å². The number of pyridine rings is 1. The zero-order chi connectivity index (χ0) is 26.7. The second-order valence-electron chi connectivity index (χ2n) is 9.85. The van der Waals surface area contributed by atoms with E-state index in [1.807, 2.05) is 55.5 Å². The van der Waals surface area contributed by atoms with Gasteiger partial charge in [-0.2, -0.15) is 0 Å². The fourth-order valence-corrected chi connectivity index (χ4v) is 6.30. The molecule has 0 radical (unpaired) electrons. The van der Waals surface area contributed by atoms with Gasteiger partial charge in [-0.3, -0.25) is 9.52 Å². The molecule has 0 bridgehead atoms. The van der Waals surface area contributed by atoms with Gasteiger partial charge < -0.3 is 9.84 Å². The number of rotatable bonds is 9. The van der Waals surface area contributed by atoms with Crippen LogP contribution in [-0.2, 0) is 21.4 Å². The van der Waals surface area contributed by atoms with Crippen molar-refractivity contribution in [1.29, 1.82) is 0 Å². The molecule has 3 aromatic carbocycles. The molecule has 0 spiro atoms. The Balaban J connectivity index is 1.45. The summed E-state index contributed by atoms with van der Waals surface area (Å²) in [5.74, 6) is -0.452. The highest BCUT2D eigenvalue weighted by Gasteiger charge is 2.32. The van der Waals surface area contributed by atoms with Crippen LogP contribution < -0.4 is 9.46 Å². The molecule has 1 aliphatic carbocycles. The molecule has 2 atom stereocenters. The Labute approximate surface area is 222 Å². The Morgan fingerprint density at radius 1 is 1.03 bits per heavy atom. The molecule has 1 aromatic heterocycles. The molecule has 2 N–H and O–H groups in total. The average molecular weight is 531 g/mol. The second-order valence-corrected chi connectivity index (χ2v) is 11.5. The van der Waals surface area contributed by atoms with Gasteiger partial charge in [-0.05, 0) is 67.5 Å². The van der Waals surface area contributed by atoms with Gasteiger partial charge in [-0.15, -0.1) is 0 Å². The SMILES string of the molecule is Cc1ccc(S(=O)(=O)Nc2cc(OCc3ccc4ccccc4n3)ccc2C2CCCC2CC(=O)O)cc1. The maximum atomic E-state index is 13.3. The molecule has 5 rings (SSSR count). The normalized spacial score (nSPS) is 17.4. The zero-order valence-electron chi connectivity index (χ0n) is 21.1. The van der Waals surface area contributed by atoms with Crippen LogP contribution in [0.2, 0.25) is 0 Å². The van der Waals surface area contributed by atoms with Gasteiger partial charge in [0.05, 0.1) is 21.8 Å². The lowest BCUT2D eigenvalue weighted by atomic mass is 9.86. The molecule has 1 heterocycles. The molecular weight excluding hydrogens is 500 g/mol. The quantitative estimate of drug-likeness (QED) is 0.264. The fourth-order valence-electron chi connectivity index (χ4n) is 5.22. The van der Waals surface area contributed by atoms with Crippen LogP contribution in [0.4, 0.5) is 5.69 Å². The molecule has 38 heavy (non-hydrogen) atoms. The van der Waals surface area contributed by atoms with Gasteiger partial charge in [0.25, 0.3) is 10.0 Å². The van der Waals surface area contributed by atoms with E-state index in [1.165, 1.54) is 0 Å². The number of carboxylic acid groups (broad SMARTS) is 1. The zero-order valence-corrected chi connectivity index (χ0v) is 21.9. The lowest BCUT2D eigenvalue weighted by Gasteiger charge is -2.23. The molecule has 0 amide bonds. The highest BCUT2D eigenvalue weighted by atomic mass is 32.2. The average Bonchev–Trinajstić information content (AvgIpc) is 3.34. The topological polar surface area (TPSA) is 106 Å². The molecule has 1 fully saturated rings. The van der Waals surface area contributed by atoms with Crippen molar-refractivity contribution in [3.8, 4) is 5.75 Å². The second kappa shape index (κ2) is 10.8. The Hall–Kier alpha value is -3.91. The molecular formula is C30H30N2O5S. The highest BCUT2D eigenvalue weighted by Crippen LogP contribution is 2.45. The number of ether oxygens (including phenoxy) is 1. The third-order valence-electron chi connectivity index (χ3n) is 7.14. The minimum Gasteiger partial charge on any atom is -0.487 e. The first-order chi connectivity index (χ1) is 18.3. The number of hydrogen-bond acceptors (Lipinski definition) is 5. The van der Waals surface area contributed by atoms with Gasteiger partial charge in [-0.25, -0.2) is 13.4 Å². The van der Waals surface area contributed by atoms with Crippen molar-refractivity contribution in [2.75, 3.05) is 4.72 Å². The van der Waals surface area contributed by atoms with E-state index >= 15 is 0 Å². The van der Waals surface area contributed by atoms with E-state index in [9.17, 15) is 18.3 Å². The number of nitrogens with one attached hydrogen (secondary N) is 1. The van der Waals surface area contributed by atoms with E-state index in [4.69, 9.17) is 4.74 Å². The third-order valence-corrected chi connectivity index (χ3v) is 8.52. The van der Waals surface area contributed by atoms with Crippen molar-refractivity contribution >= 4 is 32.6 Å². The van der Waals surface area contributed by atoms with Gasteiger partial charge in [0.15, 0.2) is 0 Å². The van der Waals surface area contributed by atoms with Crippen LogP contribution in [0, 0.1) is 12.8 Å². The summed E-state index contributed by atoms with van der Waals surface area (Å²) in [6.07, 6.45) is 2.56. The number of benzene rings is 3. The van der Waals surface area contributed by atoms with Gasteiger partial charge in [-0.1, -0.05) is 54.4 Å². The summed E-state index contributed by atoms with van der Waals surface area (Å²) in [5, 5.41) is 10.5. The fraction of sp³-hybridized carbons (Fsp3) is 0.267. The first-order valence-corrected chi connectivity index (χ1v) is 14.2. The summed E-state index contributed by atoms with van der Waals surface area (Å²) in [7, 11) is -3.87. The standard InChI is InChI=1S/C30H30N2O5S/c1-20-9-14-25(15-10-20)38(35,36)32-29-18-24(13-16-27(29)26-7-4-6-22(26)17-30(33)34)37-19-23-12-11-21-5-2-3-8-28(21)31-23/h2-3,5,8-16,18,22,26,32H,4,6-7,17,19H2,1H3,(H,33,34). The summed E-state index contributed by atoms with van der Waals surface area (Å²) in [4.78, 5) is 16.3. The Morgan fingerprint density at radius 3 is 2.61 bits per heavy atom. The number of para-hydroxylation sites is 1. The summed E-state index contributed by atoms with van der Waals surface area (Å²) in [6, 6.07) is 23.8. The number of aromatic nitrogens is 1. The van der Waals surface area contributed by atoms with Crippen LogP contribution in [0.25, 0.3) is 10.9 Å². The third kappa shape index (κ3) is 5.81. The highest BCUT2D eigenvalue weighted by molar-refractivity contribution is 7.92. The molecule has 7 nitrogen and oxygen atoms in total. The van der Waals surface area contributed by atoms with Crippen LogP contribution in [0.15, 0.2) is 83.8 Å².